The molecule has 1 aliphatic rings. The molecule has 0 atom stereocenters. The van der Waals surface area contributed by atoms with E-state index in [4.69, 9.17) is 0 Å². The second-order valence-corrected chi connectivity index (χ2v) is 10.9. The van der Waals surface area contributed by atoms with Crippen molar-refractivity contribution >= 4 is 19.9 Å². The van der Waals surface area contributed by atoms with E-state index in [1.54, 1.807) is 18.2 Å². The fraction of sp³-hybridized carbons (Fsp3) is 0.625. The molecule has 1 aromatic carbocycles. The summed E-state index contributed by atoms with van der Waals surface area (Å²) in [5.74, 6) is 0.261. The number of piperidine rings is 1. The van der Waals surface area contributed by atoms with E-state index in [1.165, 1.54) is 4.31 Å². The van der Waals surface area contributed by atoms with Gasteiger partial charge in [-0.2, -0.15) is 4.31 Å². The predicted molar refractivity (Wildman–Crippen MR) is 91.6 cm³/mol. The van der Waals surface area contributed by atoms with E-state index in [0.29, 0.717) is 12.8 Å². The lowest BCUT2D eigenvalue weighted by molar-refractivity contribution is 0.345. The summed E-state index contributed by atoms with van der Waals surface area (Å²) >= 11 is 0. The summed E-state index contributed by atoms with van der Waals surface area (Å²) in [4.78, 5) is 0.279. The third-order valence-electron chi connectivity index (χ3n) is 4.10. The Bertz CT molecular complexity index is 746. The van der Waals surface area contributed by atoms with E-state index in [9.17, 15) is 16.8 Å². The molecule has 0 amide bonds. The van der Waals surface area contributed by atoms with E-state index in [2.05, 4.69) is 0 Å². The summed E-state index contributed by atoms with van der Waals surface area (Å²) in [6, 6.07) is 6.81. The summed E-state index contributed by atoms with van der Waals surface area (Å²) in [7, 11) is -6.68. The minimum atomic E-state index is -3.54. The topological polar surface area (TPSA) is 71.5 Å². The summed E-state index contributed by atoms with van der Waals surface area (Å²) < 4.78 is 51.3. The van der Waals surface area contributed by atoms with Crippen LogP contribution < -0.4 is 0 Å². The standard InChI is InChI=1S/C16H25NO4S2/c1-13(2)12-22(18,19)15-7-9-17(10-8-15)23(20,21)16-6-4-5-14(3)11-16/h4-6,11,13,15H,7-10,12H2,1-3H3. The van der Waals surface area contributed by atoms with E-state index < -0.39 is 25.1 Å². The zero-order chi connectivity index (χ0) is 17.3. The van der Waals surface area contributed by atoms with Gasteiger partial charge in [0, 0.05) is 13.1 Å². The summed E-state index contributed by atoms with van der Waals surface area (Å²) in [5.41, 5.74) is 0.889. The van der Waals surface area contributed by atoms with Crippen LogP contribution in [0.1, 0.15) is 32.3 Å². The molecular formula is C16H25NO4S2. The maximum absolute atomic E-state index is 12.7. The van der Waals surface area contributed by atoms with Gasteiger partial charge in [-0.05, 0) is 43.4 Å². The lowest BCUT2D eigenvalue weighted by Gasteiger charge is -2.31. The van der Waals surface area contributed by atoms with Gasteiger partial charge in [-0.3, -0.25) is 0 Å². The smallest absolute Gasteiger partial charge is 0.229 e. The van der Waals surface area contributed by atoms with Crippen molar-refractivity contribution in [3.63, 3.8) is 0 Å². The molecule has 1 aliphatic heterocycles. The number of hydrogen-bond donors (Lipinski definition) is 0. The number of sulfone groups is 1. The van der Waals surface area contributed by atoms with Crippen LogP contribution in [0.4, 0.5) is 0 Å². The quantitative estimate of drug-likeness (QED) is 0.808. The van der Waals surface area contributed by atoms with Crippen molar-refractivity contribution in [3.05, 3.63) is 29.8 Å². The van der Waals surface area contributed by atoms with Gasteiger partial charge in [0.25, 0.3) is 0 Å². The van der Waals surface area contributed by atoms with Crippen molar-refractivity contribution in [2.24, 2.45) is 5.92 Å². The molecule has 5 nitrogen and oxygen atoms in total. The first kappa shape index (κ1) is 18.4. The van der Waals surface area contributed by atoms with E-state index in [1.807, 2.05) is 26.8 Å². The van der Waals surface area contributed by atoms with Crippen LogP contribution >= 0.6 is 0 Å². The van der Waals surface area contributed by atoms with Crippen LogP contribution in [-0.2, 0) is 19.9 Å². The molecule has 0 unspecified atom stereocenters. The number of benzene rings is 1. The SMILES string of the molecule is Cc1cccc(S(=O)(=O)N2CCC(S(=O)(=O)CC(C)C)CC2)c1. The van der Waals surface area contributed by atoms with Gasteiger partial charge >= 0.3 is 0 Å². The van der Waals surface area contributed by atoms with Gasteiger partial charge in [0.1, 0.15) is 0 Å². The van der Waals surface area contributed by atoms with Crippen molar-refractivity contribution in [1.82, 2.24) is 4.31 Å². The molecule has 1 aromatic rings. The van der Waals surface area contributed by atoms with Crippen LogP contribution in [-0.4, -0.2) is 45.2 Å². The molecule has 1 saturated heterocycles. The Labute approximate surface area is 139 Å². The fourth-order valence-corrected chi connectivity index (χ4v) is 6.66. The van der Waals surface area contributed by atoms with Crippen molar-refractivity contribution in [1.29, 1.82) is 0 Å². The highest BCUT2D eigenvalue weighted by Crippen LogP contribution is 2.25. The van der Waals surface area contributed by atoms with Gasteiger partial charge in [0.2, 0.25) is 10.0 Å². The molecule has 0 radical (unpaired) electrons. The number of nitrogens with zero attached hydrogens (tertiary/aromatic N) is 1. The highest BCUT2D eigenvalue weighted by atomic mass is 32.2. The first-order valence-electron chi connectivity index (χ1n) is 7.91. The number of aryl methyl sites for hydroxylation is 1. The van der Waals surface area contributed by atoms with Crippen LogP contribution in [0, 0.1) is 12.8 Å². The second kappa shape index (κ2) is 6.91. The largest absolute Gasteiger partial charge is 0.243 e. The molecule has 0 bridgehead atoms. The molecule has 1 fully saturated rings. The predicted octanol–water partition coefficient (Wildman–Crippen LogP) is 2.22. The maximum atomic E-state index is 12.7. The number of hydrogen-bond acceptors (Lipinski definition) is 4. The monoisotopic (exact) mass is 359 g/mol. The van der Waals surface area contributed by atoms with Gasteiger partial charge in [-0.1, -0.05) is 26.0 Å². The molecule has 1 heterocycles. The normalized spacial score (nSPS) is 18.4. The second-order valence-electron chi connectivity index (χ2n) is 6.64. The fourth-order valence-electron chi connectivity index (χ4n) is 2.96. The average Bonchev–Trinajstić information content (AvgIpc) is 2.46. The molecule has 0 spiro atoms. The number of rotatable bonds is 5. The van der Waals surface area contributed by atoms with E-state index in [0.717, 1.165) is 5.56 Å². The number of sulfonamides is 1. The molecule has 23 heavy (non-hydrogen) atoms. The van der Waals surface area contributed by atoms with Crippen LogP contribution in [0.25, 0.3) is 0 Å². The summed E-state index contributed by atoms with van der Waals surface area (Å²) in [6.45, 7) is 6.14. The van der Waals surface area contributed by atoms with Crippen molar-refractivity contribution in [2.45, 2.75) is 43.8 Å². The lowest BCUT2D eigenvalue weighted by Crippen LogP contribution is -2.43. The third kappa shape index (κ3) is 4.33. The summed E-state index contributed by atoms with van der Waals surface area (Å²) in [5, 5.41) is -0.422. The highest BCUT2D eigenvalue weighted by Gasteiger charge is 2.35. The van der Waals surface area contributed by atoms with Gasteiger partial charge in [0.05, 0.1) is 15.9 Å². The Kier molecular flexibility index (Phi) is 5.53. The zero-order valence-corrected chi connectivity index (χ0v) is 15.5. The molecule has 0 saturated carbocycles. The lowest BCUT2D eigenvalue weighted by atomic mass is 10.2. The van der Waals surface area contributed by atoms with Gasteiger partial charge in [-0.15, -0.1) is 0 Å². The van der Waals surface area contributed by atoms with E-state index >= 15 is 0 Å². The van der Waals surface area contributed by atoms with E-state index in [-0.39, 0.29) is 29.7 Å². The van der Waals surface area contributed by atoms with Crippen LogP contribution in [0.3, 0.4) is 0 Å². The first-order chi connectivity index (χ1) is 10.6. The van der Waals surface area contributed by atoms with Crippen molar-refractivity contribution in [3.8, 4) is 0 Å². The molecule has 130 valence electrons. The van der Waals surface area contributed by atoms with Crippen molar-refractivity contribution in [2.75, 3.05) is 18.8 Å². The molecule has 7 heteroatoms. The Morgan fingerprint density at radius 2 is 1.74 bits per heavy atom. The third-order valence-corrected chi connectivity index (χ3v) is 8.61. The molecule has 0 aliphatic carbocycles. The zero-order valence-electron chi connectivity index (χ0n) is 13.9. The Hall–Kier alpha value is -0.920. The molecule has 0 N–H and O–H groups in total. The van der Waals surface area contributed by atoms with Gasteiger partial charge < -0.3 is 0 Å². The van der Waals surface area contributed by atoms with Crippen molar-refractivity contribution < 1.29 is 16.8 Å². The minimum absolute atomic E-state index is 0.0917. The molecule has 0 aromatic heterocycles. The first-order valence-corrected chi connectivity index (χ1v) is 11.1. The van der Waals surface area contributed by atoms with Gasteiger partial charge in [0.15, 0.2) is 9.84 Å². The van der Waals surface area contributed by atoms with Crippen LogP contribution in [0.15, 0.2) is 29.2 Å². The average molecular weight is 360 g/mol. The van der Waals surface area contributed by atoms with Gasteiger partial charge in [-0.25, -0.2) is 16.8 Å². The molecular weight excluding hydrogens is 334 g/mol. The summed E-state index contributed by atoms with van der Waals surface area (Å²) in [6.07, 6.45) is 0.750. The minimum Gasteiger partial charge on any atom is -0.229 e. The van der Waals surface area contributed by atoms with Crippen LogP contribution in [0.5, 0.6) is 0 Å². The Balaban J connectivity index is 2.10. The maximum Gasteiger partial charge on any atom is 0.243 e. The highest BCUT2D eigenvalue weighted by molar-refractivity contribution is 7.92. The Morgan fingerprint density at radius 1 is 1.13 bits per heavy atom. The Morgan fingerprint density at radius 3 is 2.26 bits per heavy atom. The van der Waals surface area contributed by atoms with Crippen LogP contribution in [0.2, 0.25) is 0 Å². The molecule has 2 rings (SSSR count).